The van der Waals surface area contributed by atoms with Crippen molar-refractivity contribution in [2.75, 3.05) is 27.4 Å². The lowest BCUT2D eigenvalue weighted by atomic mass is 9.97. The Morgan fingerprint density at radius 1 is 0.889 bits per heavy atom. The number of rotatable bonds is 14. The van der Waals surface area contributed by atoms with Crippen LogP contribution in [0.1, 0.15) is 56.1 Å². The van der Waals surface area contributed by atoms with Crippen molar-refractivity contribution in [1.82, 2.24) is 0 Å². The molecule has 0 atom stereocenters. The predicted octanol–water partition coefficient (Wildman–Crippen LogP) is 3.22. The molecule has 0 aliphatic carbocycles. The second kappa shape index (κ2) is 14.0. The Balaban J connectivity index is 2.72. The number of unbranched alkanes of at least 4 members (excludes halogenated alkanes) is 3. The maximum atomic E-state index is 11.6. The highest BCUT2D eigenvalue weighted by Gasteiger charge is 2.12. The van der Waals surface area contributed by atoms with E-state index in [0.717, 1.165) is 43.4 Å². The lowest BCUT2D eigenvalue weighted by Crippen LogP contribution is -2.08. The van der Waals surface area contributed by atoms with Gasteiger partial charge in [0.1, 0.15) is 5.75 Å². The molecule has 6 nitrogen and oxygen atoms in total. The zero-order valence-corrected chi connectivity index (χ0v) is 16.5. The standard InChI is InChI=1S/C21H32O6/c1-25-20(23)12-8-16-27-19-11-7-10-17(9-5-3-4-6-15-22)18(19)13-14-21(24)26-2/h7,10-11,22H,3-6,8-9,12-16H2,1-2H3. The first-order chi connectivity index (χ1) is 13.1. The highest BCUT2D eigenvalue weighted by molar-refractivity contribution is 5.70. The smallest absolute Gasteiger partial charge is 0.305 e. The first kappa shape index (κ1) is 23.0. The molecule has 0 amide bonds. The maximum absolute atomic E-state index is 11.6. The summed E-state index contributed by atoms with van der Waals surface area (Å²) in [6, 6.07) is 5.93. The first-order valence-electron chi connectivity index (χ1n) is 9.60. The van der Waals surface area contributed by atoms with Crippen LogP contribution in [0.25, 0.3) is 0 Å². The lowest BCUT2D eigenvalue weighted by Gasteiger charge is -2.16. The van der Waals surface area contributed by atoms with Gasteiger partial charge in [-0.1, -0.05) is 25.0 Å². The summed E-state index contributed by atoms with van der Waals surface area (Å²) in [7, 11) is 2.76. The number of esters is 2. The van der Waals surface area contributed by atoms with Crippen LogP contribution < -0.4 is 4.74 Å². The highest BCUT2D eigenvalue weighted by Crippen LogP contribution is 2.26. The minimum atomic E-state index is -0.249. The number of carbonyl (C=O) groups excluding carboxylic acids is 2. The minimum Gasteiger partial charge on any atom is -0.493 e. The fourth-order valence-electron chi connectivity index (χ4n) is 2.87. The van der Waals surface area contributed by atoms with Gasteiger partial charge in [-0.25, -0.2) is 0 Å². The fraction of sp³-hybridized carbons (Fsp3) is 0.619. The summed E-state index contributed by atoms with van der Waals surface area (Å²) in [5.74, 6) is 0.266. The van der Waals surface area contributed by atoms with Crippen molar-refractivity contribution in [3.05, 3.63) is 29.3 Å². The van der Waals surface area contributed by atoms with Crippen molar-refractivity contribution < 1.29 is 28.9 Å². The van der Waals surface area contributed by atoms with Crippen LogP contribution in [0.3, 0.4) is 0 Å². The molecular formula is C21H32O6. The maximum Gasteiger partial charge on any atom is 0.305 e. The van der Waals surface area contributed by atoms with Crippen LogP contribution in [0.15, 0.2) is 18.2 Å². The van der Waals surface area contributed by atoms with Gasteiger partial charge in [-0.2, -0.15) is 0 Å². The monoisotopic (exact) mass is 380 g/mol. The van der Waals surface area contributed by atoms with Crippen molar-refractivity contribution >= 4 is 11.9 Å². The molecule has 0 aliphatic heterocycles. The number of hydrogen-bond acceptors (Lipinski definition) is 6. The zero-order valence-electron chi connectivity index (χ0n) is 16.5. The van der Waals surface area contributed by atoms with E-state index in [1.54, 1.807) is 0 Å². The SMILES string of the molecule is COC(=O)CCCOc1cccc(CCCCCCO)c1CCC(=O)OC. The molecule has 0 heterocycles. The molecule has 0 bridgehead atoms. The van der Waals surface area contributed by atoms with E-state index >= 15 is 0 Å². The Morgan fingerprint density at radius 2 is 1.59 bits per heavy atom. The van der Waals surface area contributed by atoms with E-state index in [-0.39, 0.29) is 18.5 Å². The Morgan fingerprint density at radius 3 is 2.30 bits per heavy atom. The third-order valence-electron chi connectivity index (χ3n) is 4.40. The molecule has 0 aromatic heterocycles. The normalized spacial score (nSPS) is 10.5. The molecule has 0 radical (unpaired) electrons. The molecule has 1 rings (SSSR count). The van der Waals surface area contributed by atoms with Crippen LogP contribution in [0.5, 0.6) is 5.75 Å². The van der Waals surface area contributed by atoms with Crippen LogP contribution in [0.2, 0.25) is 0 Å². The largest absolute Gasteiger partial charge is 0.493 e. The van der Waals surface area contributed by atoms with Gasteiger partial charge >= 0.3 is 11.9 Å². The van der Waals surface area contributed by atoms with Crippen molar-refractivity contribution in [3.63, 3.8) is 0 Å². The van der Waals surface area contributed by atoms with Gasteiger partial charge in [0.05, 0.1) is 20.8 Å². The van der Waals surface area contributed by atoms with E-state index in [2.05, 4.69) is 10.8 Å². The third-order valence-corrected chi connectivity index (χ3v) is 4.40. The summed E-state index contributed by atoms with van der Waals surface area (Å²) >= 11 is 0. The van der Waals surface area contributed by atoms with Gasteiger partial charge in [0.15, 0.2) is 0 Å². The summed E-state index contributed by atoms with van der Waals surface area (Å²) in [6.45, 7) is 0.652. The number of benzene rings is 1. The molecule has 0 spiro atoms. The van der Waals surface area contributed by atoms with Crippen LogP contribution >= 0.6 is 0 Å². The van der Waals surface area contributed by atoms with Gasteiger partial charge in [-0.05, 0) is 49.3 Å². The minimum absolute atomic E-state index is 0.235. The van der Waals surface area contributed by atoms with E-state index in [1.807, 2.05) is 12.1 Å². The van der Waals surface area contributed by atoms with Crippen molar-refractivity contribution in [1.29, 1.82) is 0 Å². The number of ether oxygens (including phenoxy) is 3. The summed E-state index contributed by atoms with van der Waals surface area (Å²) < 4.78 is 15.3. The molecular weight excluding hydrogens is 348 g/mol. The average Bonchev–Trinajstić information content (AvgIpc) is 2.69. The number of aryl methyl sites for hydroxylation is 1. The molecule has 1 aromatic carbocycles. The summed E-state index contributed by atoms with van der Waals surface area (Å²) in [6.07, 6.45) is 6.59. The average molecular weight is 380 g/mol. The Hall–Kier alpha value is -2.08. The molecule has 6 heteroatoms. The lowest BCUT2D eigenvalue weighted by molar-refractivity contribution is -0.141. The van der Waals surface area contributed by atoms with Gasteiger partial charge in [-0.3, -0.25) is 9.59 Å². The van der Waals surface area contributed by atoms with Crippen LogP contribution in [0, 0.1) is 0 Å². The molecule has 152 valence electrons. The molecule has 1 N–H and O–H groups in total. The number of hydrogen-bond donors (Lipinski definition) is 1. The summed E-state index contributed by atoms with van der Waals surface area (Å²) in [5, 5.41) is 8.87. The molecule has 27 heavy (non-hydrogen) atoms. The van der Waals surface area contributed by atoms with E-state index in [9.17, 15) is 9.59 Å². The number of aliphatic hydroxyl groups excluding tert-OH is 1. The second-order valence-corrected chi connectivity index (χ2v) is 6.39. The van der Waals surface area contributed by atoms with Gasteiger partial charge in [0.25, 0.3) is 0 Å². The predicted molar refractivity (Wildman–Crippen MR) is 103 cm³/mol. The van der Waals surface area contributed by atoms with Gasteiger partial charge in [0.2, 0.25) is 0 Å². The zero-order chi connectivity index (χ0) is 19.9. The quantitative estimate of drug-likeness (QED) is 0.394. The van der Waals surface area contributed by atoms with Gasteiger partial charge < -0.3 is 19.3 Å². The molecule has 0 saturated carbocycles. The molecule has 0 saturated heterocycles. The van der Waals surface area contributed by atoms with Crippen LogP contribution in [0.4, 0.5) is 0 Å². The number of carbonyl (C=O) groups is 2. The number of methoxy groups -OCH3 is 2. The van der Waals surface area contributed by atoms with Crippen molar-refractivity contribution in [2.45, 2.75) is 57.8 Å². The fourth-order valence-corrected chi connectivity index (χ4v) is 2.87. The molecule has 0 fully saturated rings. The van der Waals surface area contributed by atoms with Crippen molar-refractivity contribution in [2.24, 2.45) is 0 Å². The van der Waals surface area contributed by atoms with Crippen LogP contribution in [-0.4, -0.2) is 44.5 Å². The molecule has 0 unspecified atom stereocenters. The number of aliphatic hydroxyl groups is 1. The van der Waals surface area contributed by atoms with E-state index < -0.39 is 0 Å². The highest BCUT2D eigenvalue weighted by atomic mass is 16.5. The Kier molecular flexibility index (Phi) is 11.9. The molecule has 0 aliphatic rings. The van der Waals surface area contributed by atoms with Crippen LogP contribution in [-0.2, 0) is 31.9 Å². The first-order valence-corrected chi connectivity index (χ1v) is 9.60. The third kappa shape index (κ3) is 9.43. The van der Waals surface area contributed by atoms with Gasteiger partial charge in [-0.15, -0.1) is 0 Å². The summed E-state index contributed by atoms with van der Waals surface area (Å²) in [4.78, 5) is 22.8. The Bertz CT molecular complexity index is 570. The van der Waals surface area contributed by atoms with E-state index in [0.29, 0.717) is 32.3 Å². The van der Waals surface area contributed by atoms with Gasteiger partial charge in [0, 0.05) is 19.4 Å². The van der Waals surface area contributed by atoms with E-state index in [4.69, 9.17) is 14.6 Å². The summed E-state index contributed by atoms with van der Waals surface area (Å²) in [5.41, 5.74) is 2.21. The Labute approximate surface area is 161 Å². The second-order valence-electron chi connectivity index (χ2n) is 6.39. The molecule has 1 aromatic rings. The van der Waals surface area contributed by atoms with Crippen molar-refractivity contribution in [3.8, 4) is 5.75 Å². The van der Waals surface area contributed by atoms with E-state index in [1.165, 1.54) is 19.8 Å². The topological polar surface area (TPSA) is 82.1 Å².